The van der Waals surface area contributed by atoms with Gasteiger partial charge >= 0.3 is 21.7 Å². The number of rotatable bonds is 6. The van der Waals surface area contributed by atoms with Crippen LogP contribution in [0.15, 0.2) is 12.1 Å². The number of fused-ring (bicyclic) bond motifs is 1. The summed E-state index contributed by atoms with van der Waals surface area (Å²) in [6.45, 7) is 15.8. The molecule has 0 unspecified atom stereocenters. The van der Waals surface area contributed by atoms with E-state index in [1.165, 1.54) is 10.6 Å². The molecular formula is C24H37F3N4O6SSi. The Labute approximate surface area is 228 Å². The highest BCUT2D eigenvalue weighted by molar-refractivity contribution is 7.87. The average molecular weight is 595 g/mol. The van der Waals surface area contributed by atoms with Crippen LogP contribution in [0.2, 0.25) is 18.1 Å². The molecule has 0 aliphatic carbocycles. The quantitative estimate of drug-likeness (QED) is 0.229. The van der Waals surface area contributed by atoms with Crippen LogP contribution >= 0.6 is 0 Å². The third kappa shape index (κ3) is 7.22. The lowest BCUT2D eigenvalue weighted by Gasteiger charge is -2.36. The molecule has 1 aliphatic rings. The van der Waals surface area contributed by atoms with Gasteiger partial charge in [0.05, 0.1) is 24.0 Å². The molecule has 1 saturated heterocycles. The van der Waals surface area contributed by atoms with Gasteiger partial charge in [-0.15, -0.1) is 0 Å². The Morgan fingerprint density at radius 1 is 1.10 bits per heavy atom. The molecule has 39 heavy (non-hydrogen) atoms. The molecule has 0 N–H and O–H groups in total. The first-order valence-corrected chi connectivity index (χ1v) is 17.0. The van der Waals surface area contributed by atoms with Gasteiger partial charge in [-0.1, -0.05) is 20.8 Å². The summed E-state index contributed by atoms with van der Waals surface area (Å²) in [4.78, 5) is 18.5. The number of amides is 1. The van der Waals surface area contributed by atoms with E-state index in [2.05, 4.69) is 14.3 Å². The van der Waals surface area contributed by atoms with Gasteiger partial charge in [0.2, 0.25) is 5.88 Å². The number of carbonyl (C=O) groups is 1. The van der Waals surface area contributed by atoms with E-state index in [-0.39, 0.29) is 23.0 Å². The van der Waals surface area contributed by atoms with Crippen LogP contribution in [-0.2, 0) is 25.9 Å². The molecule has 0 saturated carbocycles. The maximum absolute atomic E-state index is 13.0. The predicted octanol–water partition coefficient (Wildman–Crippen LogP) is 5.94. The Morgan fingerprint density at radius 3 is 2.31 bits per heavy atom. The van der Waals surface area contributed by atoms with Gasteiger partial charge in [-0.3, -0.25) is 4.90 Å². The molecule has 2 aromatic heterocycles. The van der Waals surface area contributed by atoms with Crippen molar-refractivity contribution < 1.29 is 39.7 Å². The van der Waals surface area contributed by atoms with Crippen molar-refractivity contribution >= 4 is 30.2 Å². The van der Waals surface area contributed by atoms with Crippen molar-refractivity contribution in [2.75, 3.05) is 6.54 Å². The largest absolute Gasteiger partial charge is 0.534 e. The van der Waals surface area contributed by atoms with E-state index in [1.54, 1.807) is 25.7 Å². The number of ether oxygens (including phenoxy) is 1. The average Bonchev–Trinajstić information content (AvgIpc) is 3.18. The summed E-state index contributed by atoms with van der Waals surface area (Å²) in [5.74, 6) is -0.757. The summed E-state index contributed by atoms with van der Waals surface area (Å²) in [6, 6.07) is 2.12. The van der Waals surface area contributed by atoms with E-state index in [9.17, 15) is 26.4 Å². The Kier molecular flexibility index (Phi) is 8.42. The van der Waals surface area contributed by atoms with Gasteiger partial charge in [-0.25, -0.2) is 9.31 Å². The summed E-state index contributed by atoms with van der Waals surface area (Å²) < 4.78 is 80.0. The molecule has 0 bridgehead atoms. The van der Waals surface area contributed by atoms with E-state index in [0.717, 1.165) is 18.9 Å². The molecule has 1 amide bonds. The molecule has 0 spiro atoms. The second-order valence-corrected chi connectivity index (χ2v) is 18.5. The SMILES string of the molecule is CC(C)(C)OC(=O)N1CCCC[C@H]1c1cc2nc(OS(=O)(=O)C(F)(F)F)cc(CO[Si](C)(C)C(C)(C)C)n2n1. The molecule has 3 rings (SSSR count). The van der Waals surface area contributed by atoms with Crippen LogP contribution in [-0.4, -0.2) is 60.0 Å². The molecule has 1 fully saturated rings. The minimum absolute atomic E-state index is 0.0587. The molecule has 1 atom stereocenters. The van der Waals surface area contributed by atoms with Crippen molar-refractivity contribution in [3.05, 3.63) is 23.5 Å². The van der Waals surface area contributed by atoms with Crippen LogP contribution < -0.4 is 4.18 Å². The van der Waals surface area contributed by atoms with Crippen LogP contribution in [0, 0.1) is 0 Å². The Hall–Kier alpha value is -2.39. The van der Waals surface area contributed by atoms with Crippen molar-refractivity contribution in [2.24, 2.45) is 0 Å². The van der Waals surface area contributed by atoms with E-state index in [1.807, 2.05) is 33.9 Å². The van der Waals surface area contributed by atoms with Crippen molar-refractivity contribution in [3.63, 3.8) is 0 Å². The predicted molar refractivity (Wildman–Crippen MR) is 140 cm³/mol. The molecule has 0 radical (unpaired) electrons. The number of alkyl halides is 3. The second-order valence-electron chi connectivity index (χ2n) is 12.1. The number of hydrogen-bond acceptors (Lipinski definition) is 8. The fourth-order valence-corrected chi connectivity index (χ4v) is 5.09. The van der Waals surface area contributed by atoms with Crippen molar-refractivity contribution in [1.29, 1.82) is 0 Å². The molecule has 15 heteroatoms. The number of hydrogen-bond donors (Lipinski definition) is 0. The molecule has 10 nitrogen and oxygen atoms in total. The van der Waals surface area contributed by atoms with Crippen molar-refractivity contribution in [3.8, 4) is 5.88 Å². The van der Waals surface area contributed by atoms with Gasteiger partial charge in [-0.2, -0.15) is 31.7 Å². The fourth-order valence-electron chi connectivity index (χ4n) is 3.75. The minimum atomic E-state index is -5.95. The lowest BCUT2D eigenvalue weighted by molar-refractivity contribution is -0.0501. The molecular weight excluding hydrogens is 557 g/mol. The van der Waals surface area contributed by atoms with Gasteiger partial charge in [0.1, 0.15) is 5.60 Å². The number of carbonyl (C=O) groups excluding carboxylic acids is 1. The summed E-state index contributed by atoms with van der Waals surface area (Å²) in [5.41, 5.74) is -5.58. The number of aromatic nitrogens is 3. The van der Waals surface area contributed by atoms with Gasteiger partial charge < -0.3 is 13.3 Å². The summed E-state index contributed by atoms with van der Waals surface area (Å²) >= 11 is 0. The van der Waals surface area contributed by atoms with Crippen molar-refractivity contribution in [2.45, 2.75) is 103 Å². The molecule has 1 aliphatic heterocycles. The summed E-state index contributed by atoms with van der Waals surface area (Å²) in [7, 11) is -8.26. The van der Waals surface area contributed by atoms with Gasteiger partial charge in [0.15, 0.2) is 14.0 Å². The van der Waals surface area contributed by atoms with E-state index in [4.69, 9.17) is 9.16 Å². The normalized spacial score (nSPS) is 17.9. The van der Waals surface area contributed by atoms with Crippen LogP contribution in [0.3, 0.4) is 0 Å². The topological polar surface area (TPSA) is 112 Å². The zero-order valence-corrected chi connectivity index (χ0v) is 25.4. The van der Waals surface area contributed by atoms with Gasteiger partial charge in [0.25, 0.3) is 0 Å². The first-order chi connectivity index (χ1) is 17.6. The molecule has 220 valence electrons. The summed E-state index contributed by atoms with van der Waals surface area (Å²) in [5, 5.41) is 4.46. The van der Waals surface area contributed by atoms with E-state index in [0.29, 0.717) is 18.7 Å². The highest BCUT2D eigenvalue weighted by Crippen LogP contribution is 2.38. The van der Waals surface area contributed by atoms with Crippen LogP contribution in [0.5, 0.6) is 5.88 Å². The number of halogens is 3. The van der Waals surface area contributed by atoms with E-state index >= 15 is 0 Å². The highest BCUT2D eigenvalue weighted by Gasteiger charge is 2.49. The minimum Gasteiger partial charge on any atom is -0.444 e. The van der Waals surface area contributed by atoms with Gasteiger partial charge in [0, 0.05) is 18.7 Å². The second kappa shape index (κ2) is 10.5. The fraction of sp³-hybridized carbons (Fsp3) is 0.708. The first kappa shape index (κ1) is 31.1. The zero-order valence-electron chi connectivity index (χ0n) is 23.5. The highest BCUT2D eigenvalue weighted by atomic mass is 32.2. The number of likely N-dealkylation sites (tertiary alicyclic amines) is 1. The standard InChI is InChI=1S/C24H37F3N4O6SSi/c1-22(2,3)36-21(32)30-12-10-9-11-18(30)17-14-19-28-20(37-38(33,34)24(25,26)27)13-16(31(19)29-17)15-35-39(7,8)23(4,5)6/h13-14,18H,9-12,15H2,1-8H3/t18-/m0/s1. The van der Waals surface area contributed by atoms with Crippen LogP contribution in [0.25, 0.3) is 5.65 Å². The number of nitrogens with zero attached hydrogens (tertiary/aromatic N) is 4. The smallest absolute Gasteiger partial charge is 0.444 e. The monoisotopic (exact) mass is 594 g/mol. The zero-order chi connectivity index (χ0) is 29.6. The number of piperidine rings is 1. The van der Waals surface area contributed by atoms with Crippen LogP contribution in [0.4, 0.5) is 18.0 Å². The molecule has 3 heterocycles. The van der Waals surface area contributed by atoms with Crippen molar-refractivity contribution in [1.82, 2.24) is 19.5 Å². The Bertz CT molecular complexity index is 1320. The van der Waals surface area contributed by atoms with Crippen LogP contribution in [0.1, 0.15) is 78.2 Å². The maximum Gasteiger partial charge on any atom is 0.534 e. The molecule has 0 aromatic carbocycles. The Balaban J connectivity index is 2.07. The lowest BCUT2D eigenvalue weighted by Crippen LogP contribution is -2.42. The molecule has 2 aromatic rings. The Morgan fingerprint density at radius 2 is 1.74 bits per heavy atom. The first-order valence-electron chi connectivity index (χ1n) is 12.7. The lowest BCUT2D eigenvalue weighted by atomic mass is 10.00. The maximum atomic E-state index is 13.0. The third-order valence-electron chi connectivity index (χ3n) is 6.83. The van der Waals surface area contributed by atoms with Gasteiger partial charge in [-0.05, 0) is 58.2 Å². The summed E-state index contributed by atoms with van der Waals surface area (Å²) in [6.07, 6.45) is 1.69. The third-order valence-corrected chi connectivity index (χ3v) is 12.3. The van der Waals surface area contributed by atoms with E-state index < -0.39 is 47.6 Å².